The minimum absolute atomic E-state index is 0.313. The maximum Gasteiger partial charge on any atom is 0.345 e. The van der Waals surface area contributed by atoms with Crippen LogP contribution < -0.4 is 5.69 Å². The first kappa shape index (κ1) is 11.8. The zero-order valence-electron chi connectivity index (χ0n) is 9.76. The highest BCUT2D eigenvalue weighted by Gasteiger charge is 2.06. The van der Waals surface area contributed by atoms with Gasteiger partial charge in [-0.05, 0) is 41.8 Å². The Balaban J connectivity index is 2.12. The lowest BCUT2D eigenvalue weighted by atomic mass is 10.1. The second-order valence-corrected chi connectivity index (χ2v) is 4.92. The molecule has 0 amide bonds. The van der Waals surface area contributed by atoms with Crippen LogP contribution in [0.3, 0.4) is 0 Å². The molecule has 0 saturated heterocycles. The Morgan fingerprint density at radius 1 is 1.16 bits per heavy atom. The molecule has 0 saturated carbocycles. The minimum Gasteiger partial charge on any atom is -0.305 e. The van der Waals surface area contributed by atoms with Gasteiger partial charge < -0.3 is 4.98 Å². The number of hydrogen-bond acceptors (Lipinski definition) is 3. The van der Waals surface area contributed by atoms with Crippen molar-refractivity contribution in [2.24, 2.45) is 0 Å². The molecule has 2 heterocycles. The summed E-state index contributed by atoms with van der Waals surface area (Å²) in [4.78, 5) is 19.2. The van der Waals surface area contributed by atoms with E-state index in [4.69, 9.17) is 0 Å². The van der Waals surface area contributed by atoms with E-state index in [9.17, 15) is 9.18 Å². The van der Waals surface area contributed by atoms with Crippen molar-refractivity contribution in [1.82, 2.24) is 9.97 Å². The van der Waals surface area contributed by atoms with E-state index in [-0.39, 0.29) is 5.82 Å². The average Bonchev–Trinajstić information content (AvgIpc) is 2.93. The lowest BCUT2D eigenvalue weighted by Crippen LogP contribution is -2.11. The van der Waals surface area contributed by atoms with E-state index in [2.05, 4.69) is 9.97 Å². The van der Waals surface area contributed by atoms with Gasteiger partial charge in [0.15, 0.2) is 0 Å². The topological polar surface area (TPSA) is 45.8 Å². The number of nitrogens with one attached hydrogen (secondary N) is 1. The quantitative estimate of drug-likeness (QED) is 0.778. The average molecular weight is 272 g/mol. The van der Waals surface area contributed by atoms with Gasteiger partial charge in [-0.15, -0.1) is 11.3 Å². The second-order valence-electron chi connectivity index (χ2n) is 3.97. The van der Waals surface area contributed by atoms with Crippen molar-refractivity contribution in [2.45, 2.75) is 0 Å². The summed E-state index contributed by atoms with van der Waals surface area (Å²) in [5, 5.41) is 1.94. The third-order valence-electron chi connectivity index (χ3n) is 2.67. The molecule has 1 N–H and O–H groups in total. The summed E-state index contributed by atoms with van der Waals surface area (Å²) >= 11 is 1.53. The highest BCUT2D eigenvalue weighted by Crippen LogP contribution is 2.25. The lowest BCUT2D eigenvalue weighted by molar-refractivity contribution is 0.628. The molecule has 0 aliphatic heterocycles. The van der Waals surface area contributed by atoms with Gasteiger partial charge in [-0.1, -0.05) is 6.07 Å². The van der Waals surface area contributed by atoms with Crippen LogP contribution in [-0.2, 0) is 0 Å². The largest absolute Gasteiger partial charge is 0.345 e. The first-order valence-electron chi connectivity index (χ1n) is 5.63. The van der Waals surface area contributed by atoms with Gasteiger partial charge in [0.2, 0.25) is 0 Å². The highest BCUT2D eigenvalue weighted by molar-refractivity contribution is 7.13. The molecular formula is C14H9FN2OS. The van der Waals surface area contributed by atoms with E-state index in [0.717, 1.165) is 4.88 Å². The monoisotopic (exact) mass is 272 g/mol. The second kappa shape index (κ2) is 4.78. The summed E-state index contributed by atoms with van der Waals surface area (Å²) < 4.78 is 12.9. The van der Waals surface area contributed by atoms with Gasteiger partial charge in [0.1, 0.15) is 5.82 Å². The van der Waals surface area contributed by atoms with Crippen molar-refractivity contribution in [2.75, 3.05) is 0 Å². The Hall–Kier alpha value is -2.27. The summed E-state index contributed by atoms with van der Waals surface area (Å²) in [5.74, 6) is -0.313. The minimum atomic E-state index is -0.412. The summed E-state index contributed by atoms with van der Waals surface area (Å²) in [6, 6.07) is 11.5. The molecule has 5 heteroatoms. The van der Waals surface area contributed by atoms with Crippen molar-refractivity contribution in [3.05, 3.63) is 64.1 Å². The van der Waals surface area contributed by atoms with Gasteiger partial charge in [-0.25, -0.2) is 9.18 Å². The summed E-state index contributed by atoms with van der Waals surface area (Å²) in [6.07, 6.45) is 0. The Morgan fingerprint density at radius 3 is 2.63 bits per heavy atom. The maximum atomic E-state index is 12.9. The van der Waals surface area contributed by atoms with E-state index in [0.29, 0.717) is 17.0 Å². The Kier molecular flexibility index (Phi) is 2.97. The third kappa shape index (κ3) is 2.46. The zero-order chi connectivity index (χ0) is 13.2. The predicted molar refractivity (Wildman–Crippen MR) is 73.6 cm³/mol. The van der Waals surface area contributed by atoms with Crippen molar-refractivity contribution in [3.8, 4) is 21.8 Å². The van der Waals surface area contributed by atoms with Gasteiger partial charge in [-0.3, -0.25) is 0 Å². The maximum absolute atomic E-state index is 12.9. The molecule has 3 rings (SSSR count). The van der Waals surface area contributed by atoms with Crippen LogP contribution in [0.25, 0.3) is 21.8 Å². The number of halogens is 1. The van der Waals surface area contributed by atoms with Crippen LogP contribution >= 0.6 is 11.3 Å². The number of hydrogen-bond donors (Lipinski definition) is 1. The van der Waals surface area contributed by atoms with Gasteiger partial charge in [-0.2, -0.15) is 4.98 Å². The summed E-state index contributed by atoms with van der Waals surface area (Å²) in [6.45, 7) is 0. The molecule has 94 valence electrons. The number of H-pyrrole nitrogens is 1. The van der Waals surface area contributed by atoms with Crippen LogP contribution in [0.2, 0.25) is 0 Å². The van der Waals surface area contributed by atoms with Crippen molar-refractivity contribution >= 4 is 11.3 Å². The molecule has 0 atom stereocenters. The molecule has 19 heavy (non-hydrogen) atoms. The molecule has 0 bridgehead atoms. The van der Waals surface area contributed by atoms with Crippen molar-refractivity contribution < 1.29 is 4.39 Å². The van der Waals surface area contributed by atoms with E-state index >= 15 is 0 Å². The molecule has 2 aromatic heterocycles. The van der Waals surface area contributed by atoms with Gasteiger partial charge in [0.25, 0.3) is 0 Å². The van der Waals surface area contributed by atoms with E-state index < -0.39 is 5.69 Å². The molecule has 0 spiro atoms. The number of aromatic amines is 1. The molecule has 0 aliphatic carbocycles. The molecule has 1 aromatic carbocycles. The normalized spacial score (nSPS) is 10.6. The highest BCUT2D eigenvalue weighted by atomic mass is 32.1. The molecule has 0 radical (unpaired) electrons. The standard InChI is InChI=1S/C14H9FN2OS/c15-10-5-3-9(4-6-10)11-8-12(17-14(18)16-11)13-2-1-7-19-13/h1-8H,(H,16,17,18). The van der Waals surface area contributed by atoms with E-state index in [1.54, 1.807) is 18.2 Å². The van der Waals surface area contributed by atoms with Crippen LogP contribution in [0.5, 0.6) is 0 Å². The van der Waals surface area contributed by atoms with Crippen LogP contribution in [0, 0.1) is 5.82 Å². The van der Waals surface area contributed by atoms with Crippen LogP contribution in [0.15, 0.2) is 52.6 Å². The smallest absolute Gasteiger partial charge is 0.305 e. The Bertz CT molecular complexity index is 748. The molecule has 3 aromatic rings. The summed E-state index contributed by atoms with van der Waals surface area (Å²) in [5.41, 5.74) is 1.55. The number of aromatic nitrogens is 2. The number of benzene rings is 1. The van der Waals surface area contributed by atoms with E-state index in [1.807, 2.05) is 17.5 Å². The molecule has 0 unspecified atom stereocenters. The van der Waals surface area contributed by atoms with Gasteiger partial charge in [0, 0.05) is 5.56 Å². The first-order chi connectivity index (χ1) is 9.22. The van der Waals surface area contributed by atoms with Crippen molar-refractivity contribution in [3.63, 3.8) is 0 Å². The van der Waals surface area contributed by atoms with E-state index in [1.165, 1.54) is 23.5 Å². The fourth-order valence-electron chi connectivity index (χ4n) is 1.79. The molecule has 0 aliphatic rings. The zero-order valence-corrected chi connectivity index (χ0v) is 10.6. The fourth-order valence-corrected chi connectivity index (χ4v) is 2.49. The Morgan fingerprint density at radius 2 is 1.95 bits per heavy atom. The SMILES string of the molecule is O=c1nc(-c2ccc(F)cc2)cc(-c2cccs2)[nH]1. The van der Waals surface area contributed by atoms with Crippen LogP contribution in [0.1, 0.15) is 0 Å². The third-order valence-corrected chi connectivity index (χ3v) is 3.57. The fraction of sp³-hybridized carbons (Fsp3) is 0. The number of rotatable bonds is 2. The molecular weight excluding hydrogens is 263 g/mol. The summed E-state index contributed by atoms with van der Waals surface area (Å²) in [7, 11) is 0. The predicted octanol–water partition coefficient (Wildman–Crippen LogP) is 3.30. The number of thiophene rings is 1. The molecule has 3 nitrogen and oxygen atoms in total. The first-order valence-corrected chi connectivity index (χ1v) is 6.51. The Labute approximate surface area is 112 Å². The van der Waals surface area contributed by atoms with Crippen LogP contribution in [-0.4, -0.2) is 9.97 Å². The number of nitrogens with zero attached hydrogens (tertiary/aromatic N) is 1. The van der Waals surface area contributed by atoms with Gasteiger partial charge in [0.05, 0.1) is 16.3 Å². The van der Waals surface area contributed by atoms with Crippen molar-refractivity contribution in [1.29, 1.82) is 0 Å². The lowest BCUT2D eigenvalue weighted by Gasteiger charge is -2.03. The van der Waals surface area contributed by atoms with Crippen LogP contribution in [0.4, 0.5) is 4.39 Å². The molecule has 0 fully saturated rings. The van der Waals surface area contributed by atoms with Gasteiger partial charge >= 0.3 is 5.69 Å².